The summed E-state index contributed by atoms with van der Waals surface area (Å²) < 4.78 is 10.9. The fourth-order valence-corrected chi connectivity index (χ4v) is 2.44. The van der Waals surface area contributed by atoms with Gasteiger partial charge >= 0.3 is 6.03 Å². The van der Waals surface area contributed by atoms with Gasteiger partial charge in [0.2, 0.25) is 0 Å². The fraction of sp³-hybridized carbons (Fsp3) is 0.923. The molecule has 2 N–H and O–H groups in total. The van der Waals surface area contributed by atoms with Gasteiger partial charge in [-0.25, -0.2) is 4.79 Å². The van der Waals surface area contributed by atoms with Crippen molar-refractivity contribution >= 4 is 6.03 Å². The third-order valence-electron chi connectivity index (χ3n) is 3.98. The van der Waals surface area contributed by atoms with E-state index in [1.54, 1.807) is 12.0 Å². The lowest BCUT2D eigenvalue weighted by Crippen LogP contribution is -2.52. The Bertz CT molecular complexity index is 287. The van der Waals surface area contributed by atoms with Crippen LogP contribution < -0.4 is 10.6 Å². The zero-order valence-corrected chi connectivity index (χ0v) is 11.9. The monoisotopic (exact) mass is 271 g/mol. The summed E-state index contributed by atoms with van der Waals surface area (Å²) in [5.74, 6) is 0. The van der Waals surface area contributed by atoms with E-state index in [0.29, 0.717) is 18.7 Å². The van der Waals surface area contributed by atoms with Gasteiger partial charge in [0.25, 0.3) is 0 Å². The number of urea groups is 1. The highest BCUT2D eigenvalue weighted by Crippen LogP contribution is 2.26. The van der Waals surface area contributed by atoms with E-state index in [-0.39, 0.29) is 12.1 Å². The number of carbonyl (C=O) groups excluding carboxylic acids is 1. The van der Waals surface area contributed by atoms with Gasteiger partial charge in [-0.15, -0.1) is 0 Å². The molecule has 2 fully saturated rings. The smallest absolute Gasteiger partial charge is 0.317 e. The van der Waals surface area contributed by atoms with Crippen LogP contribution in [0.3, 0.4) is 0 Å². The Balaban J connectivity index is 1.66. The van der Waals surface area contributed by atoms with Crippen LogP contribution in [0, 0.1) is 0 Å². The summed E-state index contributed by atoms with van der Waals surface area (Å²) in [6.45, 7) is 3.13. The molecule has 1 saturated carbocycles. The highest BCUT2D eigenvalue weighted by atomic mass is 16.5. The van der Waals surface area contributed by atoms with Gasteiger partial charge in [-0.3, -0.25) is 0 Å². The molecule has 1 aliphatic carbocycles. The number of rotatable bonds is 4. The van der Waals surface area contributed by atoms with Gasteiger partial charge in [0.05, 0.1) is 12.2 Å². The average Bonchev–Trinajstić information content (AvgIpc) is 2.63. The van der Waals surface area contributed by atoms with Crippen LogP contribution in [-0.2, 0) is 9.47 Å². The number of nitrogens with zero attached hydrogens (tertiary/aromatic N) is 1. The second-order valence-corrected chi connectivity index (χ2v) is 5.33. The molecule has 0 spiro atoms. The maximum absolute atomic E-state index is 12.0. The molecule has 0 bridgehead atoms. The van der Waals surface area contributed by atoms with Crippen molar-refractivity contribution in [2.24, 2.45) is 0 Å². The van der Waals surface area contributed by atoms with E-state index in [9.17, 15) is 4.79 Å². The Kier molecular flexibility index (Phi) is 5.42. The zero-order valence-electron chi connectivity index (χ0n) is 11.9. The van der Waals surface area contributed by atoms with Crippen molar-refractivity contribution in [1.82, 2.24) is 15.5 Å². The number of amides is 2. The van der Waals surface area contributed by atoms with Crippen molar-refractivity contribution in [3.63, 3.8) is 0 Å². The van der Waals surface area contributed by atoms with Crippen LogP contribution in [0.25, 0.3) is 0 Å². The van der Waals surface area contributed by atoms with Crippen LogP contribution in [0.5, 0.6) is 0 Å². The predicted octanol–water partition coefficient (Wildman–Crippen LogP) is 0.184. The van der Waals surface area contributed by atoms with E-state index in [1.807, 2.05) is 7.05 Å². The molecule has 6 heteroatoms. The first-order valence-corrected chi connectivity index (χ1v) is 7.06. The van der Waals surface area contributed by atoms with Crippen molar-refractivity contribution in [3.05, 3.63) is 0 Å². The van der Waals surface area contributed by atoms with Gasteiger partial charge in [-0.2, -0.15) is 0 Å². The van der Waals surface area contributed by atoms with Crippen molar-refractivity contribution in [2.45, 2.75) is 37.5 Å². The van der Waals surface area contributed by atoms with Crippen molar-refractivity contribution in [3.8, 4) is 0 Å². The molecule has 1 atom stereocenters. The summed E-state index contributed by atoms with van der Waals surface area (Å²) in [6.07, 6.45) is 3.29. The minimum atomic E-state index is -0.0209. The SMILES string of the molecule is COC1CC(N(C)C(=O)NCC2CNCCCO2)C1. The molecule has 1 saturated heterocycles. The number of hydrogen-bond donors (Lipinski definition) is 2. The van der Waals surface area contributed by atoms with Gasteiger partial charge in [0.15, 0.2) is 0 Å². The number of hydrogen-bond acceptors (Lipinski definition) is 4. The highest BCUT2D eigenvalue weighted by molar-refractivity contribution is 5.74. The molecule has 0 aromatic rings. The number of methoxy groups -OCH3 is 1. The second kappa shape index (κ2) is 7.07. The van der Waals surface area contributed by atoms with Crippen LogP contribution in [0.4, 0.5) is 4.79 Å². The maximum Gasteiger partial charge on any atom is 0.317 e. The Morgan fingerprint density at radius 3 is 3.05 bits per heavy atom. The average molecular weight is 271 g/mol. The van der Waals surface area contributed by atoms with Gasteiger partial charge in [0.1, 0.15) is 0 Å². The van der Waals surface area contributed by atoms with Crippen LogP contribution in [0.1, 0.15) is 19.3 Å². The van der Waals surface area contributed by atoms with Gasteiger partial charge in [-0.05, 0) is 25.8 Å². The molecule has 2 rings (SSSR count). The summed E-state index contributed by atoms with van der Waals surface area (Å²) >= 11 is 0. The normalized spacial score (nSPS) is 31.2. The molecule has 1 unspecified atom stereocenters. The molecular formula is C13H25N3O3. The lowest BCUT2D eigenvalue weighted by molar-refractivity contribution is -0.00905. The van der Waals surface area contributed by atoms with E-state index in [1.165, 1.54) is 0 Å². The molecule has 0 aromatic heterocycles. The topological polar surface area (TPSA) is 62.8 Å². The largest absolute Gasteiger partial charge is 0.381 e. The predicted molar refractivity (Wildman–Crippen MR) is 72.2 cm³/mol. The van der Waals surface area contributed by atoms with E-state index in [0.717, 1.165) is 39.0 Å². The minimum absolute atomic E-state index is 0.0209. The third-order valence-corrected chi connectivity index (χ3v) is 3.98. The van der Waals surface area contributed by atoms with E-state index < -0.39 is 0 Å². The summed E-state index contributed by atoms with van der Waals surface area (Å²) in [5, 5.41) is 6.25. The third kappa shape index (κ3) is 4.06. The lowest BCUT2D eigenvalue weighted by Gasteiger charge is -2.40. The van der Waals surface area contributed by atoms with E-state index >= 15 is 0 Å². The molecule has 1 heterocycles. The van der Waals surface area contributed by atoms with Crippen molar-refractivity contribution in [2.75, 3.05) is 40.4 Å². The van der Waals surface area contributed by atoms with Crippen LogP contribution >= 0.6 is 0 Å². The summed E-state index contributed by atoms with van der Waals surface area (Å²) in [7, 11) is 3.56. The number of ether oxygens (including phenoxy) is 2. The van der Waals surface area contributed by atoms with Gasteiger partial charge in [0, 0.05) is 39.9 Å². The first kappa shape index (κ1) is 14.6. The summed E-state index contributed by atoms with van der Waals surface area (Å²) in [4.78, 5) is 13.8. The summed E-state index contributed by atoms with van der Waals surface area (Å²) in [5.41, 5.74) is 0. The van der Waals surface area contributed by atoms with Gasteiger partial charge < -0.3 is 25.0 Å². The van der Waals surface area contributed by atoms with E-state index in [2.05, 4.69) is 10.6 Å². The Hall–Kier alpha value is -0.850. The molecule has 1 aliphatic heterocycles. The maximum atomic E-state index is 12.0. The van der Waals surface area contributed by atoms with E-state index in [4.69, 9.17) is 9.47 Å². The van der Waals surface area contributed by atoms with Crippen molar-refractivity contribution in [1.29, 1.82) is 0 Å². The molecule has 110 valence electrons. The molecular weight excluding hydrogens is 246 g/mol. The van der Waals surface area contributed by atoms with Gasteiger partial charge in [-0.1, -0.05) is 0 Å². The Morgan fingerprint density at radius 1 is 1.53 bits per heavy atom. The second-order valence-electron chi connectivity index (χ2n) is 5.33. The summed E-state index contributed by atoms with van der Waals surface area (Å²) in [6, 6.07) is 0.283. The number of carbonyl (C=O) groups is 1. The molecule has 0 aromatic carbocycles. The first-order valence-electron chi connectivity index (χ1n) is 7.06. The highest BCUT2D eigenvalue weighted by Gasteiger charge is 2.34. The molecule has 2 amide bonds. The molecule has 2 aliphatic rings. The minimum Gasteiger partial charge on any atom is -0.381 e. The standard InChI is InChI=1S/C13H25N3O3/c1-16(10-6-11(7-10)18-2)13(17)15-9-12-8-14-4-3-5-19-12/h10-12,14H,3-9H2,1-2H3,(H,15,17). The molecule has 0 radical (unpaired) electrons. The first-order chi connectivity index (χ1) is 9.20. The van der Waals surface area contributed by atoms with Crippen LogP contribution in [0.2, 0.25) is 0 Å². The molecule has 6 nitrogen and oxygen atoms in total. The molecule has 19 heavy (non-hydrogen) atoms. The quantitative estimate of drug-likeness (QED) is 0.766. The Morgan fingerprint density at radius 2 is 2.32 bits per heavy atom. The number of nitrogens with one attached hydrogen (secondary N) is 2. The van der Waals surface area contributed by atoms with Crippen LogP contribution in [0.15, 0.2) is 0 Å². The van der Waals surface area contributed by atoms with Crippen LogP contribution in [-0.4, -0.2) is 69.6 Å². The van der Waals surface area contributed by atoms with Crippen molar-refractivity contribution < 1.29 is 14.3 Å². The Labute approximate surface area is 114 Å². The fourth-order valence-electron chi connectivity index (χ4n) is 2.44. The zero-order chi connectivity index (χ0) is 13.7. The lowest BCUT2D eigenvalue weighted by atomic mass is 9.88.